The first-order valence-electron chi connectivity index (χ1n) is 13.0. The molecule has 0 aliphatic carbocycles. The molecule has 0 spiro atoms. The fourth-order valence-electron chi connectivity index (χ4n) is 6.05. The van der Waals surface area contributed by atoms with Crippen molar-refractivity contribution in [1.82, 2.24) is 40.6 Å². The van der Waals surface area contributed by atoms with E-state index in [1.165, 1.54) is 16.7 Å². The largest absolute Gasteiger partial charge is 0.477 e. The van der Waals surface area contributed by atoms with Gasteiger partial charge < -0.3 is 36.4 Å². The van der Waals surface area contributed by atoms with E-state index < -0.39 is 54.1 Å². The van der Waals surface area contributed by atoms with Crippen molar-refractivity contribution < 1.29 is 34.2 Å². The van der Waals surface area contributed by atoms with Gasteiger partial charge in [-0.05, 0) is 30.2 Å². The first-order chi connectivity index (χ1) is 19.0. The second-order valence-corrected chi connectivity index (χ2v) is 12.0. The maximum Gasteiger partial charge on any atom is 0.375 e. The van der Waals surface area contributed by atoms with Gasteiger partial charge in [-0.1, -0.05) is 6.92 Å². The number of aromatic carboxylic acids is 1. The van der Waals surface area contributed by atoms with Crippen molar-refractivity contribution in [3.05, 3.63) is 16.4 Å². The molecule has 4 aliphatic heterocycles. The van der Waals surface area contributed by atoms with E-state index in [9.17, 15) is 29.1 Å². The summed E-state index contributed by atoms with van der Waals surface area (Å²) >= 11 is 1.39. The summed E-state index contributed by atoms with van der Waals surface area (Å²) in [4.78, 5) is 65.7. The van der Waals surface area contributed by atoms with Gasteiger partial charge >= 0.3 is 11.9 Å². The highest BCUT2D eigenvalue weighted by atomic mass is 32.2. The van der Waals surface area contributed by atoms with E-state index in [-0.39, 0.29) is 34.9 Å². The number of tetrazole rings is 1. The van der Waals surface area contributed by atoms with Crippen LogP contribution in [0, 0.1) is 11.8 Å². The minimum absolute atomic E-state index is 0.00346. The third-order valence-electron chi connectivity index (χ3n) is 7.95. The number of carboxylic acids is 2. The van der Waals surface area contributed by atoms with E-state index in [4.69, 9.17) is 10.8 Å². The van der Waals surface area contributed by atoms with Crippen molar-refractivity contribution in [3.8, 4) is 0 Å². The summed E-state index contributed by atoms with van der Waals surface area (Å²) < 4.78 is 0.835. The van der Waals surface area contributed by atoms with Gasteiger partial charge in [0.05, 0.1) is 18.0 Å². The van der Waals surface area contributed by atoms with Gasteiger partial charge in [-0.15, -0.1) is 16.9 Å². The Balaban J connectivity index is 1.23. The van der Waals surface area contributed by atoms with Crippen molar-refractivity contribution in [3.63, 3.8) is 0 Å². The van der Waals surface area contributed by atoms with Crippen molar-refractivity contribution in [2.45, 2.75) is 62.7 Å². The minimum Gasteiger partial charge on any atom is -0.477 e. The summed E-state index contributed by atoms with van der Waals surface area (Å²) in [5, 5.41) is 35.2. The average Bonchev–Trinajstić information content (AvgIpc) is 3.67. The summed E-state index contributed by atoms with van der Waals surface area (Å²) in [6, 6.07) is -1.49. The fraction of sp³-hybridized carbons (Fsp3) is 0.652. The van der Waals surface area contributed by atoms with E-state index in [0.717, 1.165) is 11.1 Å². The normalized spacial score (nSPS) is 30.3. The Kier molecular flexibility index (Phi) is 7.54. The Labute approximate surface area is 232 Å². The molecule has 0 aromatic carbocycles. The average molecular weight is 578 g/mol. The van der Waals surface area contributed by atoms with Crippen LogP contribution in [-0.2, 0) is 25.7 Å². The predicted octanol–water partition coefficient (Wildman–Crippen LogP) is -2.33. The number of nitrogens with two attached hydrogens (primary N) is 1. The van der Waals surface area contributed by atoms with Crippen LogP contribution in [0.1, 0.15) is 37.3 Å². The van der Waals surface area contributed by atoms with Crippen LogP contribution in [0.4, 0.5) is 0 Å². The van der Waals surface area contributed by atoms with E-state index in [1.54, 1.807) is 11.8 Å². The molecular weight excluding hydrogens is 546 g/mol. The molecule has 1 unspecified atom stereocenters. The zero-order valence-corrected chi connectivity index (χ0v) is 22.7. The van der Waals surface area contributed by atoms with Crippen LogP contribution in [0.25, 0.3) is 0 Å². The zero-order valence-electron chi connectivity index (χ0n) is 21.9. The van der Waals surface area contributed by atoms with Crippen molar-refractivity contribution in [2.24, 2.45) is 17.6 Å². The SMILES string of the molecule is C[C@@H](NC(=O)Cn1nnnc1C(=O)O)[C@H]1C(=O)N2C(C(=O)O)=C(S[C@@H]3CN[C@H](C(=O)N4CCC(N)C4)C3)[C@H](C)[C@H]12. The number of hydrogen-bond acceptors (Lipinski definition) is 11. The second-order valence-electron chi connectivity index (χ2n) is 10.6. The number of amides is 3. The molecule has 216 valence electrons. The number of nitrogens with one attached hydrogen (secondary N) is 2. The molecule has 1 aromatic rings. The number of carbonyl (C=O) groups excluding carboxylic acids is 3. The molecule has 17 heteroatoms. The van der Waals surface area contributed by atoms with E-state index in [2.05, 4.69) is 26.2 Å². The summed E-state index contributed by atoms with van der Waals surface area (Å²) in [5.74, 6) is -5.06. The molecular formula is C23H31N9O7S. The van der Waals surface area contributed by atoms with Gasteiger partial charge in [0, 0.05) is 47.8 Å². The van der Waals surface area contributed by atoms with Crippen molar-refractivity contribution in [2.75, 3.05) is 19.6 Å². The predicted molar refractivity (Wildman–Crippen MR) is 137 cm³/mol. The van der Waals surface area contributed by atoms with Crippen LogP contribution in [0.15, 0.2) is 10.6 Å². The van der Waals surface area contributed by atoms with Gasteiger partial charge in [0.15, 0.2) is 0 Å². The number of rotatable bonds is 9. The molecule has 6 N–H and O–H groups in total. The number of carbonyl (C=O) groups is 5. The van der Waals surface area contributed by atoms with E-state index in [0.29, 0.717) is 31.0 Å². The number of hydrogen-bond donors (Lipinski definition) is 5. The number of carboxylic acid groups (broad SMARTS) is 2. The third-order valence-corrected chi connectivity index (χ3v) is 9.47. The van der Waals surface area contributed by atoms with Gasteiger partial charge in [0.1, 0.15) is 12.2 Å². The first kappa shape index (κ1) is 28.0. The van der Waals surface area contributed by atoms with Gasteiger partial charge in [-0.3, -0.25) is 14.4 Å². The van der Waals surface area contributed by atoms with Gasteiger partial charge in [-0.2, -0.15) is 0 Å². The Morgan fingerprint density at radius 2 is 2.00 bits per heavy atom. The quantitative estimate of drug-likeness (QED) is 0.194. The second kappa shape index (κ2) is 10.8. The number of thioether (sulfide) groups is 1. The number of fused-ring (bicyclic) bond motifs is 1. The summed E-state index contributed by atoms with van der Waals surface area (Å²) in [7, 11) is 0. The summed E-state index contributed by atoms with van der Waals surface area (Å²) in [6.45, 7) is 4.74. The monoisotopic (exact) mass is 577 g/mol. The first-order valence-corrected chi connectivity index (χ1v) is 13.9. The lowest BCUT2D eigenvalue weighted by atomic mass is 9.78. The van der Waals surface area contributed by atoms with E-state index >= 15 is 0 Å². The van der Waals surface area contributed by atoms with Crippen molar-refractivity contribution >= 4 is 41.4 Å². The van der Waals surface area contributed by atoms with Gasteiger partial charge in [0.2, 0.25) is 17.7 Å². The molecule has 0 saturated carbocycles. The molecule has 5 heterocycles. The molecule has 5 rings (SSSR count). The Bertz CT molecular complexity index is 1280. The molecule has 4 aliphatic rings. The maximum absolute atomic E-state index is 13.2. The molecule has 1 aromatic heterocycles. The smallest absolute Gasteiger partial charge is 0.375 e. The van der Waals surface area contributed by atoms with Crippen LogP contribution >= 0.6 is 11.8 Å². The molecule has 0 radical (unpaired) electrons. The van der Waals surface area contributed by atoms with E-state index in [1.807, 2.05) is 6.92 Å². The number of nitrogens with zero attached hydrogens (tertiary/aromatic N) is 6. The van der Waals surface area contributed by atoms with Gasteiger partial charge in [-0.25, -0.2) is 14.3 Å². The van der Waals surface area contributed by atoms with Crippen LogP contribution in [-0.4, -0.2) is 119 Å². The lowest BCUT2D eigenvalue weighted by Gasteiger charge is -2.47. The number of aromatic nitrogens is 4. The molecule has 3 amide bonds. The Morgan fingerprint density at radius 3 is 2.65 bits per heavy atom. The topological polar surface area (TPSA) is 226 Å². The van der Waals surface area contributed by atoms with Crippen LogP contribution in [0.3, 0.4) is 0 Å². The third kappa shape index (κ3) is 4.92. The summed E-state index contributed by atoms with van der Waals surface area (Å²) in [5.41, 5.74) is 5.89. The molecule has 16 nitrogen and oxygen atoms in total. The summed E-state index contributed by atoms with van der Waals surface area (Å²) in [6.07, 6.45) is 1.30. The highest BCUT2D eigenvalue weighted by Gasteiger charge is 2.60. The standard InChI is InChI=1S/C23H31N9O7S/c1-9-16-15(10(2)26-14(33)8-31-19(23(38)39)27-28-29-31)21(35)32(16)17(22(36)37)18(9)40-12-5-13(25-6-12)20(34)30-4-3-11(24)7-30/h9-13,15-16,25H,3-8,24H2,1-2H3,(H,26,33)(H,36,37)(H,38,39)/t9-,10-,11?,12+,13+,15-,16-/m1/s1. The van der Waals surface area contributed by atoms with Crippen LogP contribution in [0.5, 0.6) is 0 Å². The Morgan fingerprint density at radius 1 is 1.25 bits per heavy atom. The number of likely N-dealkylation sites (tertiary alicyclic amines) is 1. The lowest BCUT2D eigenvalue weighted by molar-refractivity contribution is -0.158. The fourth-order valence-corrected chi connectivity index (χ4v) is 7.53. The molecule has 3 saturated heterocycles. The molecule has 0 bridgehead atoms. The zero-order chi connectivity index (χ0) is 28.9. The van der Waals surface area contributed by atoms with Gasteiger partial charge in [0.25, 0.3) is 5.82 Å². The molecule has 3 fully saturated rings. The molecule has 40 heavy (non-hydrogen) atoms. The maximum atomic E-state index is 13.2. The minimum atomic E-state index is -1.39. The molecule has 7 atom stereocenters. The number of aliphatic carboxylic acids is 1. The van der Waals surface area contributed by atoms with Crippen LogP contribution < -0.4 is 16.4 Å². The lowest BCUT2D eigenvalue weighted by Crippen LogP contribution is -2.66. The van der Waals surface area contributed by atoms with Crippen LogP contribution in [0.2, 0.25) is 0 Å². The number of β-lactam (4-membered cyclic amide) rings is 1. The highest BCUT2D eigenvalue weighted by molar-refractivity contribution is 8.03. The highest BCUT2D eigenvalue weighted by Crippen LogP contribution is 2.51. The van der Waals surface area contributed by atoms with Crippen molar-refractivity contribution in [1.29, 1.82) is 0 Å². The Hall–Kier alpha value is -3.57.